The van der Waals surface area contributed by atoms with Gasteiger partial charge in [0, 0.05) is 18.7 Å². The van der Waals surface area contributed by atoms with E-state index in [1.807, 2.05) is 60.7 Å². The van der Waals surface area contributed by atoms with Gasteiger partial charge in [0.1, 0.15) is 17.7 Å². The number of amides is 1. The van der Waals surface area contributed by atoms with Crippen LogP contribution >= 0.6 is 0 Å². The Labute approximate surface area is 186 Å². The third-order valence-corrected chi connectivity index (χ3v) is 5.59. The molecule has 1 aliphatic heterocycles. The second kappa shape index (κ2) is 9.24. The smallest absolute Gasteiger partial charge is 0.262 e. The van der Waals surface area contributed by atoms with Crippen LogP contribution in [0, 0.1) is 0 Å². The summed E-state index contributed by atoms with van der Waals surface area (Å²) in [6.07, 6.45) is 2.82. The number of nitrogens with one attached hydrogen (secondary N) is 2. The van der Waals surface area contributed by atoms with Crippen LogP contribution in [0.5, 0.6) is 5.75 Å². The van der Waals surface area contributed by atoms with Gasteiger partial charge in [-0.25, -0.2) is 4.98 Å². The van der Waals surface area contributed by atoms with Crippen LogP contribution in [-0.4, -0.2) is 29.1 Å². The molecule has 3 aromatic carbocycles. The Bertz CT molecular complexity index is 1210. The molecule has 0 saturated carbocycles. The van der Waals surface area contributed by atoms with Crippen molar-refractivity contribution in [3.05, 3.63) is 89.7 Å². The molecule has 0 aliphatic carbocycles. The largest absolute Gasteiger partial charge is 0.483 e. The quantitative estimate of drug-likeness (QED) is 0.434. The molecule has 5 rings (SSSR count). The van der Waals surface area contributed by atoms with E-state index in [4.69, 9.17) is 9.47 Å². The van der Waals surface area contributed by atoms with Crippen molar-refractivity contribution in [2.45, 2.75) is 25.4 Å². The van der Waals surface area contributed by atoms with Crippen LogP contribution < -0.4 is 10.1 Å². The SMILES string of the molecule is O=C(COc1ccccc1Cc1ccccc1)Nc1ccc2nc(C3CCCO3)[nH]c2c1. The molecule has 4 aromatic rings. The lowest BCUT2D eigenvalue weighted by Gasteiger charge is -2.12. The highest BCUT2D eigenvalue weighted by Gasteiger charge is 2.21. The molecule has 1 aliphatic rings. The number of aromatic amines is 1. The Balaban J connectivity index is 1.22. The summed E-state index contributed by atoms with van der Waals surface area (Å²) in [5.41, 5.74) is 4.68. The molecule has 1 atom stereocenters. The Morgan fingerprint density at radius 2 is 1.94 bits per heavy atom. The monoisotopic (exact) mass is 427 g/mol. The molecule has 1 unspecified atom stereocenters. The molecule has 1 aromatic heterocycles. The van der Waals surface area contributed by atoms with Crippen LogP contribution in [0.3, 0.4) is 0 Å². The maximum atomic E-state index is 12.5. The second-order valence-corrected chi connectivity index (χ2v) is 7.96. The zero-order chi connectivity index (χ0) is 21.8. The lowest BCUT2D eigenvalue weighted by molar-refractivity contribution is -0.118. The van der Waals surface area contributed by atoms with Crippen molar-refractivity contribution in [1.82, 2.24) is 9.97 Å². The molecule has 1 fully saturated rings. The lowest BCUT2D eigenvalue weighted by atomic mass is 10.0. The first-order valence-corrected chi connectivity index (χ1v) is 10.9. The van der Waals surface area contributed by atoms with E-state index < -0.39 is 0 Å². The van der Waals surface area contributed by atoms with Gasteiger partial charge in [0.15, 0.2) is 6.61 Å². The second-order valence-electron chi connectivity index (χ2n) is 7.96. The van der Waals surface area contributed by atoms with Crippen LogP contribution in [0.4, 0.5) is 5.69 Å². The van der Waals surface area contributed by atoms with Gasteiger partial charge in [-0.05, 0) is 48.2 Å². The molecule has 162 valence electrons. The van der Waals surface area contributed by atoms with E-state index in [0.717, 1.165) is 54.0 Å². The zero-order valence-corrected chi connectivity index (χ0v) is 17.7. The number of fused-ring (bicyclic) bond motifs is 1. The van der Waals surface area contributed by atoms with E-state index in [1.165, 1.54) is 5.56 Å². The Morgan fingerprint density at radius 1 is 1.09 bits per heavy atom. The van der Waals surface area contributed by atoms with Crippen LogP contribution in [-0.2, 0) is 16.0 Å². The molecular weight excluding hydrogens is 402 g/mol. The molecule has 1 amide bonds. The summed E-state index contributed by atoms with van der Waals surface area (Å²) in [5, 5.41) is 2.91. The highest BCUT2D eigenvalue weighted by atomic mass is 16.5. The number of anilines is 1. The zero-order valence-electron chi connectivity index (χ0n) is 17.7. The van der Waals surface area contributed by atoms with E-state index in [9.17, 15) is 4.79 Å². The molecular formula is C26H25N3O3. The summed E-state index contributed by atoms with van der Waals surface area (Å²) in [5.74, 6) is 1.36. The van der Waals surface area contributed by atoms with Crippen molar-refractivity contribution in [1.29, 1.82) is 0 Å². The topological polar surface area (TPSA) is 76.2 Å². The van der Waals surface area contributed by atoms with Gasteiger partial charge in [-0.3, -0.25) is 4.79 Å². The van der Waals surface area contributed by atoms with Crippen molar-refractivity contribution < 1.29 is 14.3 Å². The number of carbonyl (C=O) groups is 1. The van der Waals surface area contributed by atoms with Crippen molar-refractivity contribution >= 4 is 22.6 Å². The van der Waals surface area contributed by atoms with Crippen molar-refractivity contribution in [3.8, 4) is 5.75 Å². The normalized spacial score (nSPS) is 15.7. The van der Waals surface area contributed by atoms with Gasteiger partial charge in [0.2, 0.25) is 0 Å². The molecule has 0 radical (unpaired) electrons. The minimum atomic E-state index is -0.210. The first-order chi connectivity index (χ1) is 15.7. The maximum absolute atomic E-state index is 12.5. The molecule has 2 heterocycles. The Kier molecular flexibility index (Phi) is 5.85. The summed E-state index contributed by atoms with van der Waals surface area (Å²) in [6, 6.07) is 23.7. The first-order valence-electron chi connectivity index (χ1n) is 10.9. The minimum Gasteiger partial charge on any atom is -0.483 e. The number of benzene rings is 3. The van der Waals surface area contributed by atoms with Crippen molar-refractivity contribution in [2.24, 2.45) is 0 Å². The van der Waals surface area contributed by atoms with Gasteiger partial charge in [-0.15, -0.1) is 0 Å². The predicted molar refractivity (Wildman–Crippen MR) is 124 cm³/mol. The number of carbonyl (C=O) groups excluding carboxylic acids is 1. The average Bonchev–Trinajstić information content (AvgIpc) is 3.49. The van der Waals surface area contributed by atoms with Gasteiger partial charge < -0.3 is 19.8 Å². The van der Waals surface area contributed by atoms with Crippen LogP contribution in [0.1, 0.15) is 35.9 Å². The fourth-order valence-corrected chi connectivity index (χ4v) is 4.00. The number of hydrogen-bond acceptors (Lipinski definition) is 4. The molecule has 1 saturated heterocycles. The van der Waals surface area contributed by atoms with E-state index in [2.05, 4.69) is 27.4 Å². The van der Waals surface area contributed by atoms with Crippen molar-refractivity contribution in [3.63, 3.8) is 0 Å². The number of aromatic nitrogens is 2. The van der Waals surface area contributed by atoms with Gasteiger partial charge in [0.25, 0.3) is 5.91 Å². The molecule has 0 bridgehead atoms. The summed E-state index contributed by atoms with van der Waals surface area (Å²) >= 11 is 0. The summed E-state index contributed by atoms with van der Waals surface area (Å²) in [4.78, 5) is 20.5. The number of H-pyrrole nitrogens is 1. The fraction of sp³-hybridized carbons (Fsp3) is 0.231. The summed E-state index contributed by atoms with van der Waals surface area (Å²) in [6.45, 7) is 0.714. The lowest BCUT2D eigenvalue weighted by Crippen LogP contribution is -2.20. The number of hydrogen-bond donors (Lipinski definition) is 2. The summed E-state index contributed by atoms with van der Waals surface area (Å²) < 4.78 is 11.6. The molecule has 6 heteroatoms. The summed E-state index contributed by atoms with van der Waals surface area (Å²) in [7, 11) is 0. The Morgan fingerprint density at radius 3 is 2.78 bits per heavy atom. The Hall–Kier alpha value is -3.64. The van der Waals surface area contributed by atoms with Crippen LogP contribution in [0.2, 0.25) is 0 Å². The molecule has 0 spiro atoms. The fourth-order valence-electron chi connectivity index (χ4n) is 4.00. The molecule has 32 heavy (non-hydrogen) atoms. The van der Waals surface area contributed by atoms with Gasteiger partial charge in [0.05, 0.1) is 11.0 Å². The predicted octanol–water partition coefficient (Wildman–Crippen LogP) is 5.02. The minimum absolute atomic E-state index is 0.0322. The average molecular weight is 428 g/mol. The number of para-hydroxylation sites is 1. The number of rotatable bonds is 7. The first kappa shape index (κ1) is 20.3. The van der Waals surface area contributed by atoms with Gasteiger partial charge in [-0.2, -0.15) is 0 Å². The van der Waals surface area contributed by atoms with E-state index >= 15 is 0 Å². The van der Waals surface area contributed by atoms with Gasteiger partial charge in [-0.1, -0.05) is 48.5 Å². The third-order valence-electron chi connectivity index (χ3n) is 5.59. The highest BCUT2D eigenvalue weighted by molar-refractivity contribution is 5.94. The van der Waals surface area contributed by atoms with E-state index in [-0.39, 0.29) is 18.6 Å². The number of imidazole rings is 1. The van der Waals surface area contributed by atoms with Crippen LogP contribution in [0.25, 0.3) is 11.0 Å². The number of ether oxygens (including phenoxy) is 2. The third kappa shape index (κ3) is 4.65. The highest BCUT2D eigenvalue weighted by Crippen LogP contribution is 2.28. The molecule has 2 N–H and O–H groups in total. The van der Waals surface area contributed by atoms with E-state index in [0.29, 0.717) is 5.69 Å². The van der Waals surface area contributed by atoms with Gasteiger partial charge >= 0.3 is 0 Å². The van der Waals surface area contributed by atoms with Crippen LogP contribution in [0.15, 0.2) is 72.8 Å². The standard InChI is InChI=1S/C26H25N3O3/c30-25(17-32-23-10-5-4-9-19(23)15-18-7-2-1-3-8-18)27-20-12-13-21-22(16-20)29-26(28-21)24-11-6-14-31-24/h1-5,7-10,12-13,16,24H,6,11,14-15,17H2,(H,27,30)(H,28,29). The molecule has 6 nitrogen and oxygen atoms in total. The van der Waals surface area contributed by atoms with E-state index in [1.54, 1.807) is 0 Å². The van der Waals surface area contributed by atoms with Crippen molar-refractivity contribution in [2.75, 3.05) is 18.5 Å². The number of nitrogens with zero attached hydrogens (tertiary/aromatic N) is 1. The maximum Gasteiger partial charge on any atom is 0.262 e.